The molecule has 0 saturated carbocycles. The lowest BCUT2D eigenvalue weighted by atomic mass is 9.98. The van der Waals surface area contributed by atoms with E-state index in [1.54, 1.807) is 7.11 Å². The van der Waals surface area contributed by atoms with Crippen LogP contribution in [0, 0.1) is 6.92 Å². The second-order valence-corrected chi connectivity index (χ2v) is 4.27. The molecule has 0 spiro atoms. The van der Waals surface area contributed by atoms with Gasteiger partial charge in [0.15, 0.2) is 0 Å². The molecule has 1 rings (SSSR count). The predicted octanol–water partition coefficient (Wildman–Crippen LogP) is 2.55. The molecule has 0 amide bonds. The van der Waals surface area contributed by atoms with Gasteiger partial charge in [0, 0.05) is 13.2 Å². The van der Waals surface area contributed by atoms with Crippen molar-refractivity contribution in [3.63, 3.8) is 0 Å². The topological polar surface area (TPSA) is 21.3 Å². The van der Waals surface area contributed by atoms with Crippen LogP contribution in [-0.4, -0.2) is 26.3 Å². The Bertz CT molecular complexity index is 307. The molecule has 2 atom stereocenters. The molecule has 2 nitrogen and oxygen atoms in total. The first-order valence-electron chi connectivity index (χ1n) is 5.96. The Balaban J connectivity index is 2.69. The summed E-state index contributed by atoms with van der Waals surface area (Å²) in [6.07, 6.45) is 2.34. The van der Waals surface area contributed by atoms with Gasteiger partial charge in [0.1, 0.15) is 0 Å². The van der Waals surface area contributed by atoms with Gasteiger partial charge < -0.3 is 10.1 Å². The third kappa shape index (κ3) is 3.62. The lowest BCUT2D eigenvalue weighted by Crippen LogP contribution is -2.40. The summed E-state index contributed by atoms with van der Waals surface area (Å²) in [6.45, 7) is 4.29. The maximum absolute atomic E-state index is 5.49. The molecule has 16 heavy (non-hydrogen) atoms. The molecule has 1 aromatic rings. The molecule has 2 unspecified atom stereocenters. The van der Waals surface area contributed by atoms with E-state index in [0.717, 1.165) is 12.8 Å². The van der Waals surface area contributed by atoms with Crippen LogP contribution in [0.3, 0.4) is 0 Å². The number of ether oxygens (including phenoxy) is 1. The van der Waals surface area contributed by atoms with Crippen molar-refractivity contribution >= 4 is 0 Å². The first-order chi connectivity index (χ1) is 7.71. The second-order valence-electron chi connectivity index (χ2n) is 4.27. The average Bonchev–Trinajstić information content (AvgIpc) is 2.29. The van der Waals surface area contributed by atoms with E-state index in [4.69, 9.17) is 4.74 Å². The van der Waals surface area contributed by atoms with Crippen LogP contribution in [0.15, 0.2) is 24.3 Å². The highest BCUT2D eigenvalue weighted by Gasteiger charge is 2.17. The van der Waals surface area contributed by atoms with Gasteiger partial charge in [0.25, 0.3) is 0 Å². The molecule has 1 aromatic carbocycles. The van der Waals surface area contributed by atoms with Crippen molar-refractivity contribution < 1.29 is 4.74 Å². The van der Waals surface area contributed by atoms with E-state index in [2.05, 4.69) is 43.4 Å². The number of methoxy groups -OCH3 is 1. The Kier molecular flexibility index (Phi) is 5.50. The molecule has 0 fully saturated rings. The largest absolute Gasteiger partial charge is 0.380 e. The predicted molar refractivity (Wildman–Crippen MR) is 68.8 cm³/mol. The van der Waals surface area contributed by atoms with Gasteiger partial charge >= 0.3 is 0 Å². The fourth-order valence-corrected chi connectivity index (χ4v) is 2.13. The van der Waals surface area contributed by atoms with Gasteiger partial charge in [-0.05, 0) is 32.4 Å². The fraction of sp³-hybridized carbons (Fsp3) is 0.571. The van der Waals surface area contributed by atoms with Crippen LogP contribution in [0.25, 0.3) is 0 Å². The van der Waals surface area contributed by atoms with Crippen molar-refractivity contribution in [2.24, 2.45) is 0 Å². The molecule has 0 bridgehead atoms. The third-order valence-electron chi connectivity index (χ3n) is 3.06. The standard InChI is InChI=1S/C14H23NO/c1-5-14(16-4)13(15-3)10-12-8-6-7-11(2)9-12/h6-9,13-15H,5,10H2,1-4H3. The molecule has 0 aliphatic rings. The van der Waals surface area contributed by atoms with Gasteiger partial charge in [-0.2, -0.15) is 0 Å². The van der Waals surface area contributed by atoms with E-state index in [9.17, 15) is 0 Å². The Morgan fingerprint density at radius 3 is 2.62 bits per heavy atom. The van der Waals surface area contributed by atoms with Gasteiger partial charge in [-0.15, -0.1) is 0 Å². The maximum Gasteiger partial charge on any atom is 0.0724 e. The van der Waals surface area contributed by atoms with Crippen molar-refractivity contribution in [3.8, 4) is 0 Å². The fourth-order valence-electron chi connectivity index (χ4n) is 2.13. The summed E-state index contributed by atoms with van der Waals surface area (Å²) in [5.41, 5.74) is 2.69. The van der Waals surface area contributed by atoms with E-state index in [1.807, 2.05) is 7.05 Å². The Labute approximate surface area is 99.0 Å². The summed E-state index contributed by atoms with van der Waals surface area (Å²) in [5.74, 6) is 0. The summed E-state index contributed by atoms with van der Waals surface area (Å²) in [5, 5.41) is 3.35. The van der Waals surface area contributed by atoms with Crippen molar-refractivity contribution in [2.45, 2.75) is 38.8 Å². The molecule has 0 radical (unpaired) electrons. The third-order valence-corrected chi connectivity index (χ3v) is 3.06. The molecule has 0 aliphatic heterocycles. The van der Waals surface area contributed by atoms with Crippen molar-refractivity contribution in [1.82, 2.24) is 5.32 Å². The molecule has 2 heteroatoms. The minimum absolute atomic E-state index is 0.283. The lowest BCUT2D eigenvalue weighted by Gasteiger charge is -2.24. The Morgan fingerprint density at radius 2 is 2.12 bits per heavy atom. The zero-order chi connectivity index (χ0) is 12.0. The average molecular weight is 221 g/mol. The molecule has 0 heterocycles. The van der Waals surface area contributed by atoms with Crippen LogP contribution in [0.5, 0.6) is 0 Å². The van der Waals surface area contributed by atoms with Crippen LogP contribution in [0.1, 0.15) is 24.5 Å². The van der Waals surface area contributed by atoms with Gasteiger partial charge in [0.2, 0.25) is 0 Å². The molecule has 0 aliphatic carbocycles. The van der Waals surface area contributed by atoms with E-state index in [-0.39, 0.29) is 6.10 Å². The highest BCUT2D eigenvalue weighted by Crippen LogP contribution is 2.12. The van der Waals surface area contributed by atoms with E-state index in [0.29, 0.717) is 6.04 Å². The summed E-state index contributed by atoms with van der Waals surface area (Å²) >= 11 is 0. The molecule has 0 aromatic heterocycles. The van der Waals surface area contributed by atoms with Crippen molar-refractivity contribution in [3.05, 3.63) is 35.4 Å². The number of hydrogen-bond acceptors (Lipinski definition) is 2. The second kappa shape index (κ2) is 6.66. The SMILES string of the molecule is CCC(OC)C(Cc1cccc(C)c1)NC. The van der Waals surface area contributed by atoms with Crippen molar-refractivity contribution in [1.29, 1.82) is 0 Å². The maximum atomic E-state index is 5.49. The van der Waals surface area contributed by atoms with Crippen LogP contribution in [0.2, 0.25) is 0 Å². The van der Waals surface area contributed by atoms with Crippen LogP contribution in [0.4, 0.5) is 0 Å². The first kappa shape index (κ1) is 13.2. The zero-order valence-corrected chi connectivity index (χ0v) is 10.8. The highest BCUT2D eigenvalue weighted by atomic mass is 16.5. The van der Waals surface area contributed by atoms with E-state index < -0.39 is 0 Å². The number of rotatable bonds is 6. The number of hydrogen-bond donors (Lipinski definition) is 1. The Hall–Kier alpha value is -0.860. The summed E-state index contributed by atoms with van der Waals surface area (Å²) in [6, 6.07) is 9.06. The van der Waals surface area contributed by atoms with Crippen LogP contribution < -0.4 is 5.32 Å². The van der Waals surface area contributed by atoms with E-state index in [1.165, 1.54) is 11.1 Å². The minimum Gasteiger partial charge on any atom is -0.380 e. The number of aryl methyl sites for hydroxylation is 1. The molecular formula is C14H23NO. The lowest BCUT2D eigenvalue weighted by molar-refractivity contribution is 0.0678. The number of nitrogens with one attached hydrogen (secondary N) is 1. The summed E-state index contributed by atoms with van der Waals surface area (Å²) in [7, 11) is 3.79. The zero-order valence-electron chi connectivity index (χ0n) is 10.8. The van der Waals surface area contributed by atoms with Gasteiger partial charge in [-0.3, -0.25) is 0 Å². The summed E-state index contributed by atoms with van der Waals surface area (Å²) < 4.78 is 5.49. The quantitative estimate of drug-likeness (QED) is 0.797. The van der Waals surface area contributed by atoms with Gasteiger partial charge in [0.05, 0.1) is 6.10 Å². The Morgan fingerprint density at radius 1 is 1.38 bits per heavy atom. The van der Waals surface area contributed by atoms with E-state index >= 15 is 0 Å². The number of likely N-dealkylation sites (N-methyl/N-ethyl adjacent to an activating group) is 1. The molecule has 0 saturated heterocycles. The van der Waals surface area contributed by atoms with Crippen LogP contribution >= 0.6 is 0 Å². The van der Waals surface area contributed by atoms with Gasteiger partial charge in [-0.1, -0.05) is 36.8 Å². The van der Waals surface area contributed by atoms with Crippen LogP contribution in [-0.2, 0) is 11.2 Å². The normalized spacial score (nSPS) is 14.8. The summed E-state index contributed by atoms with van der Waals surface area (Å²) in [4.78, 5) is 0. The smallest absolute Gasteiger partial charge is 0.0724 e. The minimum atomic E-state index is 0.283. The molecular weight excluding hydrogens is 198 g/mol. The number of benzene rings is 1. The monoisotopic (exact) mass is 221 g/mol. The van der Waals surface area contributed by atoms with Crippen molar-refractivity contribution in [2.75, 3.05) is 14.2 Å². The molecule has 90 valence electrons. The highest BCUT2D eigenvalue weighted by molar-refractivity contribution is 5.23. The molecule has 1 N–H and O–H groups in total. The first-order valence-corrected chi connectivity index (χ1v) is 5.96. The van der Waals surface area contributed by atoms with Gasteiger partial charge in [-0.25, -0.2) is 0 Å².